The summed E-state index contributed by atoms with van der Waals surface area (Å²) in [5.41, 5.74) is 13.4. The molecule has 6 nitrogen and oxygen atoms in total. The first kappa shape index (κ1) is 18.1. The van der Waals surface area contributed by atoms with Crippen molar-refractivity contribution >= 4 is 46.0 Å². The van der Waals surface area contributed by atoms with Crippen LogP contribution >= 0.6 is 12.4 Å². The first-order valence-electron chi connectivity index (χ1n) is 7.28. The maximum absolute atomic E-state index is 10.8. The van der Waals surface area contributed by atoms with Gasteiger partial charge in [-0.05, 0) is 48.5 Å². The van der Waals surface area contributed by atoms with Crippen LogP contribution in [0.1, 0.15) is 20.7 Å². The monoisotopic (exact) mass is 356 g/mol. The van der Waals surface area contributed by atoms with Crippen molar-refractivity contribution in [3.05, 3.63) is 72.1 Å². The number of carbonyl (C=O) groups is 2. The Morgan fingerprint density at radius 1 is 0.680 bits per heavy atom. The van der Waals surface area contributed by atoms with Gasteiger partial charge in [-0.25, -0.2) is 0 Å². The van der Waals surface area contributed by atoms with Crippen LogP contribution in [0.2, 0.25) is 0 Å². The molecular formula is C18H17ClN4O2. The fourth-order valence-corrected chi connectivity index (χ4v) is 2.41. The number of rotatable bonds is 2. The summed E-state index contributed by atoms with van der Waals surface area (Å²) in [5.74, 6) is -0.781. The molecule has 0 atom stereocenters. The van der Waals surface area contributed by atoms with Gasteiger partial charge in [-0.2, -0.15) is 0 Å². The lowest BCUT2D eigenvalue weighted by Gasteiger charge is -1.94. The molecule has 2 aromatic carbocycles. The van der Waals surface area contributed by atoms with E-state index in [2.05, 4.69) is 9.97 Å². The van der Waals surface area contributed by atoms with Crippen molar-refractivity contribution in [3.8, 4) is 0 Å². The van der Waals surface area contributed by atoms with Crippen LogP contribution in [0.15, 0.2) is 60.9 Å². The smallest absolute Gasteiger partial charge is 0.248 e. The molecule has 0 saturated heterocycles. The van der Waals surface area contributed by atoms with Gasteiger partial charge in [-0.1, -0.05) is 0 Å². The number of hydrogen-bond acceptors (Lipinski definition) is 2. The molecule has 0 aliphatic heterocycles. The summed E-state index contributed by atoms with van der Waals surface area (Å²) in [4.78, 5) is 27.6. The van der Waals surface area contributed by atoms with Crippen LogP contribution in [0.5, 0.6) is 0 Å². The highest BCUT2D eigenvalue weighted by Gasteiger charge is 2.01. The molecule has 4 aromatic rings. The van der Waals surface area contributed by atoms with Gasteiger partial charge >= 0.3 is 0 Å². The average Bonchev–Trinajstić information content (AvgIpc) is 3.22. The summed E-state index contributed by atoms with van der Waals surface area (Å²) in [6, 6.07) is 14.5. The molecule has 128 valence electrons. The van der Waals surface area contributed by atoms with Crippen molar-refractivity contribution < 1.29 is 9.59 Å². The predicted octanol–water partition coefficient (Wildman–Crippen LogP) is 2.96. The van der Waals surface area contributed by atoms with Crippen molar-refractivity contribution in [1.82, 2.24) is 9.97 Å². The molecule has 2 amide bonds. The molecule has 0 fully saturated rings. The number of hydrogen-bond donors (Lipinski definition) is 4. The zero-order chi connectivity index (χ0) is 17.1. The van der Waals surface area contributed by atoms with Crippen molar-refractivity contribution in [2.45, 2.75) is 0 Å². The third-order valence-electron chi connectivity index (χ3n) is 3.68. The van der Waals surface area contributed by atoms with Crippen LogP contribution in [0.25, 0.3) is 21.8 Å². The van der Waals surface area contributed by atoms with Gasteiger partial charge < -0.3 is 21.4 Å². The van der Waals surface area contributed by atoms with Gasteiger partial charge in [0.1, 0.15) is 0 Å². The molecular weight excluding hydrogens is 340 g/mol. The van der Waals surface area contributed by atoms with Crippen molar-refractivity contribution in [1.29, 1.82) is 0 Å². The van der Waals surface area contributed by atoms with E-state index in [0.29, 0.717) is 11.1 Å². The number of aromatic amines is 2. The van der Waals surface area contributed by atoms with Crippen LogP contribution in [-0.4, -0.2) is 21.8 Å². The Bertz CT molecular complexity index is 952. The van der Waals surface area contributed by atoms with Crippen molar-refractivity contribution in [2.75, 3.05) is 0 Å². The second kappa shape index (κ2) is 7.55. The van der Waals surface area contributed by atoms with E-state index >= 15 is 0 Å². The fourth-order valence-electron chi connectivity index (χ4n) is 2.41. The molecule has 0 aliphatic rings. The van der Waals surface area contributed by atoms with Gasteiger partial charge in [0.2, 0.25) is 11.8 Å². The molecule has 6 N–H and O–H groups in total. The molecule has 0 saturated carbocycles. The lowest BCUT2D eigenvalue weighted by Crippen LogP contribution is -2.10. The number of H-pyrrole nitrogens is 2. The highest BCUT2D eigenvalue weighted by atomic mass is 35.5. The highest BCUT2D eigenvalue weighted by molar-refractivity contribution is 5.97. The molecule has 25 heavy (non-hydrogen) atoms. The minimum Gasteiger partial charge on any atom is -0.366 e. The molecule has 0 radical (unpaired) electrons. The van der Waals surface area contributed by atoms with Crippen LogP contribution in [-0.2, 0) is 0 Å². The molecule has 2 heterocycles. The summed E-state index contributed by atoms with van der Waals surface area (Å²) in [7, 11) is 0. The van der Waals surface area contributed by atoms with E-state index in [0.717, 1.165) is 21.8 Å². The zero-order valence-electron chi connectivity index (χ0n) is 13.2. The Morgan fingerprint density at radius 2 is 1.08 bits per heavy atom. The summed E-state index contributed by atoms with van der Waals surface area (Å²) in [6.07, 6.45) is 3.66. The van der Waals surface area contributed by atoms with E-state index in [1.807, 2.05) is 36.7 Å². The van der Waals surface area contributed by atoms with Crippen molar-refractivity contribution in [3.63, 3.8) is 0 Å². The van der Waals surface area contributed by atoms with E-state index in [-0.39, 0.29) is 12.4 Å². The molecule has 4 rings (SSSR count). The number of halogens is 1. The number of aromatic nitrogens is 2. The van der Waals surface area contributed by atoms with Gasteiger partial charge in [0.15, 0.2) is 0 Å². The van der Waals surface area contributed by atoms with E-state index in [9.17, 15) is 9.59 Å². The second-order valence-corrected chi connectivity index (χ2v) is 5.29. The molecule has 0 bridgehead atoms. The van der Waals surface area contributed by atoms with Gasteiger partial charge in [0.25, 0.3) is 0 Å². The Labute approximate surface area is 149 Å². The maximum Gasteiger partial charge on any atom is 0.248 e. The van der Waals surface area contributed by atoms with Gasteiger partial charge in [-0.15, -0.1) is 12.4 Å². The molecule has 7 heteroatoms. The minimum absolute atomic E-state index is 0. The van der Waals surface area contributed by atoms with Gasteiger partial charge in [0.05, 0.1) is 0 Å². The predicted molar refractivity (Wildman–Crippen MR) is 101 cm³/mol. The first-order chi connectivity index (χ1) is 11.5. The summed E-state index contributed by atoms with van der Waals surface area (Å²) >= 11 is 0. The number of amides is 2. The Morgan fingerprint density at radius 3 is 1.44 bits per heavy atom. The number of fused-ring (bicyclic) bond motifs is 2. The minimum atomic E-state index is -0.391. The van der Waals surface area contributed by atoms with E-state index < -0.39 is 11.8 Å². The fraction of sp³-hybridized carbons (Fsp3) is 0. The zero-order valence-corrected chi connectivity index (χ0v) is 14.0. The average molecular weight is 357 g/mol. The standard InChI is InChI=1S/2C9H8N2O.ClH/c2*10-9(12)7-1-2-8-6(5-7)3-4-11-8;/h2*1-5,11H,(H2,10,12);1H. The number of carbonyl (C=O) groups excluding carboxylic acids is 2. The third kappa shape index (κ3) is 3.99. The summed E-state index contributed by atoms with van der Waals surface area (Å²) in [6.45, 7) is 0. The largest absolute Gasteiger partial charge is 0.366 e. The van der Waals surface area contributed by atoms with E-state index in [4.69, 9.17) is 11.5 Å². The molecule has 0 aliphatic carbocycles. The van der Waals surface area contributed by atoms with Crippen LogP contribution in [0.3, 0.4) is 0 Å². The van der Waals surface area contributed by atoms with Crippen LogP contribution in [0, 0.1) is 0 Å². The summed E-state index contributed by atoms with van der Waals surface area (Å²) < 4.78 is 0. The van der Waals surface area contributed by atoms with Crippen LogP contribution in [0.4, 0.5) is 0 Å². The van der Waals surface area contributed by atoms with Gasteiger partial charge in [0, 0.05) is 45.3 Å². The first-order valence-corrected chi connectivity index (χ1v) is 7.28. The molecule has 0 unspecified atom stereocenters. The summed E-state index contributed by atoms with van der Waals surface area (Å²) in [5, 5.41) is 2.01. The second-order valence-electron chi connectivity index (χ2n) is 5.29. The van der Waals surface area contributed by atoms with Crippen LogP contribution < -0.4 is 11.5 Å². The third-order valence-corrected chi connectivity index (χ3v) is 3.68. The quantitative estimate of drug-likeness (QED) is 0.442. The van der Waals surface area contributed by atoms with Gasteiger partial charge in [-0.3, -0.25) is 9.59 Å². The highest BCUT2D eigenvalue weighted by Crippen LogP contribution is 2.14. The number of nitrogens with two attached hydrogens (primary N) is 2. The lowest BCUT2D eigenvalue weighted by molar-refractivity contribution is 0.0992. The number of nitrogens with one attached hydrogen (secondary N) is 2. The number of primary amides is 2. The van der Waals surface area contributed by atoms with E-state index in [1.54, 1.807) is 24.3 Å². The van der Waals surface area contributed by atoms with E-state index in [1.165, 1.54) is 0 Å². The van der Waals surface area contributed by atoms with Crippen molar-refractivity contribution in [2.24, 2.45) is 11.5 Å². The Kier molecular flexibility index (Phi) is 5.46. The number of benzene rings is 2. The Balaban J connectivity index is 0.000000173. The molecule has 2 aromatic heterocycles. The molecule has 0 spiro atoms. The lowest BCUT2D eigenvalue weighted by atomic mass is 10.1. The Hall–Kier alpha value is -3.25. The topological polar surface area (TPSA) is 118 Å². The SMILES string of the molecule is Cl.NC(=O)c1ccc2[nH]ccc2c1.NC(=O)c1ccc2[nH]ccc2c1. The normalized spacial score (nSPS) is 9.92. The maximum atomic E-state index is 10.8.